The van der Waals surface area contributed by atoms with E-state index in [1.165, 1.54) is 16.8 Å². The van der Waals surface area contributed by atoms with E-state index in [4.69, 9.17) is 4.98 Å². The molecule has 0 aliphatic carbocycles. The molecule has 4 aromatic rings. The largest absolute Gasteiger partial charge is 0.368 e. The molecule has 1 saturated heterocycles. The number of fused-ring (bicyclic) bond motifs is 1. The predicted molar refractivity (Wildman–Crippen MR) is 167 cm³/mol. The average Bonchev–Trinajstić information content (AvgIpc) is 3.56. The summed E-state index contributed by atoms with van der Waals surface area (Å²) in [6.07, 6.45) is 11.8. The van der Waals surface area contributed by atoms with Crippen molar-refractivity contribution in [1.29, 1.82) is 0 Å². The highest BCUT2D eigenvalue weighted by Gasteiger charge is 2.21. The maximum absolute atomic E-state index is 4.72. The third-order valence-corrected chi connectivity index (χ3v) is 7.27. The summed E-state index contributed by atoms with van der Waals surface area (Å²) in [7, 11) is 6.39. The van der Waals surface area contributed by atoms with Crippen molar-refractivity contribution in [3.63, 3.8) is 0 Å². The molecule has 1 aliphatic heterocycles. The monoisotopic (exact) mass is 540 g/mol. The summed E-state index contributed by atoms with van der Waals surface area (Å²) in [6.45, 7) is 15.3. The summed E-state index contributed by atoms with van der Waals surface area (Å²) in [5.41, 5.74) is 9.45. The number of nitrogens with zero attached hydrogens (tertiary/aromatic N) is 6. The summed E-state index contributed by atoms with van der Waals surface area (Å²) < 4.78 is 0. The summed E-state index contributed by atoms with van der Waals surface area (Å²) >= 11 is 0. The molecular weight excluding hydrogens is 496 g/mol. The van der Waals surface area contributed by atoms with Crippen LogP contribution in [0.15, 0.2) is 55.5 Å². The number of rotatable bonds is 9. The molecule has 4 aromatic heterocycles. The first-order valence-corrected chi connectivity index (χ1v) is 14.3. The molecular formula is C32H44N8. The number of aromatic nitrogens is 5. The van der Waals surface area contributed by atoms with E-state index in [1.807, 2.05) is 38.5 Å². The van der Waals surface area contributed by atoms with E-state index in [1.54, 1.807) is 0 Å². The van der Waals surface area contributed by atoms with Crippen molar-refractivity contribution in [2.45, 2.75) is 33.6 Å². The van der Waals surface area contributed by atoms with Gasteiger partial charge in [-0.2, -0.15) is 5.10 Å². The number of H-pyrrole nitrogens is 2. The zero-order chi connectivity index (χ0) is 28.6. The van der Waals surface area contributed by atoms with Crippen LogP contribution in [0, 0.1) is 6.92 Å². The van der Waals surface area contributed by atoms with Crippen molar-refractivity contribution >= 4 is 16.6 Å². The number of nitrogens with one attached hydrogen (secondary N) is 2. The molecule has 0 aromatic carbocycles. The van der Waals surface area contributed by atoms with E-state index >= 15 is 0 Å². The molecule has 40 heavy (non-hydrogen) atoms. The minimum Gasteiger partial charge on any atom is -0.368 e. The van der Waals surface area contributed by atoms with Gasteiger partial charge in [0.05, 0.1) is 23.1 Å². The second-order valence-corrected chi connectivity index (χ2v) is 10.5. The molecule has 1 aliphatic rings. The molecule has 212 valence electrons. The van der Waals surface area contributed by atoms with Crippen molar-refractivity contribution in [1.82, 2.24) is 39.8 Å². The molecule has 0 atom stereocenters. The van der Waals surface area contributed by atoms with E-state index in [0.29, 0.717) is 0 Å². The molecule has 0 saturated carbocycles. The van der Waals surface area contributed by atoms with E-state index in [0.717, 1.165) is 84.8 Å². The van der Waals surface area contributed by atoms with Crippen LogP contribution >= 0.6 is 0 Å². The van der Waals surface area contributed by atoms with Crippen LogP contribution in [-0.2, 0) is 6.42 Å². The van der Waals surface area contributed by atoms with Gasteiger partial charge < -0.3 is 19.7 Å². The van der Waals surface area contributed by atoms with Gasteiger partial charge >= 0.3 is 0 Å². The lowest BCUT2D eigenvalue weighted by Gasteiger charge is -2.35. The molecule has 0 spiro atoms. The maximum atomic E-state index is 4.72. The summed E-state index contributed by atoms with van der Waals surface area (Å²) in [5, 5.41) is 8.88. The van der Waals surface area contributed by atoms with Crippen LogP contribution in [0.25, 0.3) is 39.2 Å². The minimum absolute atomic E-state index is 0.893. The lowest BCUT2D eigenvalue weighted by molar-refractivity contribution is 0.207. The van der Waals surface area contributed by atoms with Gasteiger partial charge in [0, 0.05) is 66.5 Å². The number of hydrogen-bond acceptors (Lipinski definition) is 6. The van der Waals surface area contributed by atoms with Crippen LogP contribution in [0.5, 0.6) is 0 Å². The maximum Gasteiger partial charge on any atom is 0.116 e. The van der Waals surface area contributed by atoms with Gasteiger partial charge in [0.2, 0.25) is 0 Å². The van der Waals surface area contributed by atoms with Gasteiger partial charge in [-0.05, 0) is 77.3 Å². The van der Waals surface area contributed by atoms with Gasteiger partial charge in [-0.3, -0.25) is 15.1 Å². The van der Waals surface area contributed by atoms with Crippen molar-refractivity contribution in [3.05, 3.63) is 72.3 Å². The Kier molecular flexibility index (Phi) is 9.90. The first kappa shape index (κ1) is 29.2. The number of aryl methyl sites for hydroxylation is 2. The van der Waals surface area contributed by atoms with Crippen molar-refractivity contribution in [3.8, 4) is 22.6 Å². The van der Waals surface area contributed by atoms with E-state index in [-0.39, 0.29) is 0 Å². The molecule has 0 amide bonds. The highest BCUT2D eigenvalue weighted by molar-refractivity contribution is 5.94. The fourth-order valence-corrected chi connectivity index (χ4v) is 5.12. The van der Waals surface area contributed by atoms with Crippen molar-refractivity contribution in [2.75, 3.05) is 53.9 Å². The van der Waals surface area contributed by atoms with Crippen LogP contribution in [0.4, 0.5) is 0 Å². The summed E-state index contributed by atoms with van der Waals surface area (Å²) in [4.78, 5) is 19.8. The van der Waals surface area contributed by atoms with Gasteiger partial charge in [-0.25, -0.2) is 0 Å². The molecule has 5 rings (SSSR count). The number of pyridine rings is 2. The Labute approximate surface area is 238 Å². The lowest BCUT2D eigenvalue weighted by atomic mass is 10.1. The van der Waals surface area contributed by atoms with Crippen LogP contribution in [0.3, 0.4) is 0 Å². The smallest absolute Gasteiger partial charge is 0.116 e. The zero-order valence-electron chi connectivity index (χ0n) is 25.0. The normalized spacial score (nSPS) is 14.5. The first-order chi connectivity index (χ1) is 19.4. The molecule has 8 heteroatoms. The highest BCUT2D eigenvalue weighted by atomic mass is 15.3. The molecule has 5 heterocycles. The zero-order valence-corrected chi connectivity index (χ0v) is 25.0. The Hall–Kier alpha value is -3.75. The highest BCUT2D eigenvalue weighted by Crippen LogP contribution is 2.33. The Bertz CT molecular complexity index is 1440. The lowest BCUT2D eigenvalue weighted by Crippen LogP contribution is -2.43. The van der Waals surface area contributed by atoms with Crippen LogP contribution < -0.4 is 0 Å². The second kappa shape index (κ2) is 13.5. The van der Waals surface area contributed by atoms with E-state index in [2.05, 4.69) is 93.8 Å². The summed E-state index contributed by atoms with van der Waals surface area (Å²) in [5.74, 6) is 0. The fourth-order valence-electron chi connectivity index (χ4n) is 5.12. The fraction of sp³-hybridized carbons (Fsp3) is 0.406. The first-order valence-electron chi connectivity index (χ1n) is 14.3. The third-order valence-electron chi connectivity index (χ3n) is 7.27. The predicted octanol–water partition coefficient (Wildman–Crippen LogP) is 5.62. The molecule has 0 bridgehead atoms. The van der Waals surface area contributed by atoms with Crippen LogP contribution in [0.1, 0.15) is 37.1 Å². The van der Waals surface area contributed by atoms with Crippen LogP contribution in [-0.4, -0.2) is 93.7 Å². The number of likely N-dealkylation sites (N-methyl/N-ethyl adjacent to an activating group) is 1. The molecule has 2 N–H and O–H groups in total. The Morgan fingerprint density at radius 2 is 1.85 bits per heavy atom. The number of piperazine rings is 1. The van der Waals surface area contributed by atoms with Gasteiger partial charge in [0.1, 0.15) is 5.69 Å². The Morgan fingerprint density at radius 3 is 2.58 bits per heavy atom. The topological polar surface area (TPSA) is 80.0 Å². The second-order valence-electron chi connectivity index (χ2n) is 10.5. The van der Waals surface area contributed by atoms with Crippen molar-refractivity contribution < 1.29 is 0 Å². The van der Waals surface area contributed by atoms with Gasteiger partial charge in [-0.15, -0.1) is 0 Å². The third kappa shape index (κ3) is 6.69. The quantitative estimate of drug-likeness (QED) is 0.268. The van der Waals surface area contributed by atoms with Gasteiger partial charge in [-0.1, -0.05) is 26.5 Å². The SMILES string of the molecule is C=C/C=C(\c1cc(-c2n[nH]c3cnc(-c4cncc(CCCN(C)C)c4)cc23)[nH]c1C)N1CCN(C)CC1.CC. The number of allylic oxidation sites excluding steroid dienone is 2. The van der Waals surface area contributed by atoms with E-state index in [9.17, 15) is 0 Å². The van der Waals surface area contributed by atoms with Crippen LogP contribution in [0.2, 0.25) is 0 Å². The standard InChI is InChI=1S/C30H38N8.C2H6/c1-6-8-29(38-13-11-37(5)12-14-38)24-16-27(33-21(24)2)30-25-17-26(32-20-28(25)34-35-30)23-15-22(18-31-19-23)9-7-10-36(3)4;1-2/h6,8,15-20,33H,1,7,9-14H2,2-5H3,(H,34,35);1-2H3/b29-8+;. The Balaban J connectivity index is 0.00000181. The number of hydrogen-bond donors (Lipinski definition) is 2. The number of aromatic amines is 2. The molecule has 0 radical (unpaired) electrons. The molecule has 1 fully saturated rings. The van der Waals surface area contributed by atoms with Crippen molar-refractivity contribution in [2.24, 2.45) is 0 Å². The minimum atomic E-state index is 0.893. The summed E-state index contributed by atoms with van der Waals surface area (Å²) in [6, 6.07) is 6.53. The average molecular weight is 541 g/mol. The Morgan fingerprint density at radius 1 is 1.07 bits per heavy atom. The van der Waals surface area contributed by atoms with E-state index < -0.39 is 0 Å². The molecule has 0 unspecified atom stereocenters. The van der Waals surface area contributed by atoms with Gasteiger partial charge in [0.25, 0.3) is 0 Å². The molecule has 8 nitrogen and oxygen atoms in total. The van der Waals surface area contributed by atoms with Gasteiger partial charge in [0.15, 0.2) is 0 Å².